The van der Waals surface area contributed by atoms with Gasteiger partial charge in [-0.1, -0.05) is 0 Å². The second-order valence-corrected chi connectivity index (χ2v) is 4.51. The molecule has 0 N–H and O–H groups in total. The molecule has 96 valence electrons. The van der Waals surface area contributed by atoms with E-state index in [9.17, 15) is 4.57 Å². The van der Waals surface area contributed by atoms with E-state index in [1.54, 1.807) is 6.92 Å². The molecule has 0 rings (SSSR count). The first-order valence-electron chi connectivity index (χ1n) is 4.79. The van der Waals surface area contributed by atoms with Gasteiger partial charge in [-0.25, -0.2) is 14.5 Å². The van der Waals surface area contributed by atoms with Crippen LogP contribution in [0.5, 0.6) is 0 Å². The van der Waals surface area contributed by atoms with Gasteiger partial charge in [0.15, 0.2) is 0 Å². The summed E-state index contributed by atoms with van der Waals surface area (Å²) < 4.78 is 26.8. The molecule has 0 spiro atoms. The maximum atomic E-state index is 11.9. The highest BCUT2D eigenvalue weighted by molar-refractivity contribution is 7.78. The quantitative estimate of drug-likeness (QED) is 0.267. The number of isothiocyanates is 2. The van der Waals surface area contributed by atoms with E-state index in [1.165, 1.54) is 0 Å². The molecule has 0 aromatic carbocycles. The minimum Gasteiger partial charge on any atom is -0.287 e. The van der Waals surface area contributed by atoms with Crippen molar-refractivity contribution in [2.24, 2.45) is 9.98 Å². The van der Waals surface area contributed by atoms with E-state index >= 15 is 0 Å². The van der Waals surface area contributed by atoms with Crippen molar-refractivity contribution < 1.29 is 18.1 Å². The van der Waals surface area contributed by atoms with Crippen molar-refractivity contribution in [2.45, 2.75) is 6.92 Å². The minimum atomic E-state index is -3.54. The van der Waals surface area contributed by atoms with E-state index in [4.69, 9.17) is 13.6 Å². The molecule has 0 atom stereocenters. The van der Waals surface area contributed by atoms with Crippen LogP contribution >= 0.6 is 32.3 Å². The lowest BCUT2D eigenvalue weighted by Gasteiger charge is -2.15. The van der Waals surface area contributed by atoms with Crippen LogP contribution in [0.25, 0.3) is 0 Å². The Hall–Kier alpha value is -0.290. The lowest BCUT2D eigenvalue weighted by molar-refractivity contribution is 0.122. The lowest BCUT2D eigenvalue weighted by Crippen LogP contribution is -2.05. The number of phosphoric acid groups is 1. The molecule has 17 heavy (non-hydrogen) atoms. The molecule has 0 unspecified atom stereocenters. The van der Waals surface area contributed by atoms with Crippen LogP contribution in [0.2, 0.25) is 0 Å². The van der Waals surface area contributed by atoms with Gasteiger partial charge in [0.25, 0.3) is 0 Å². The zero-order valence-electron chi connectivity index (χ0n) is 9.33. The number of hydrogen-bond donors (Lipinski definition) is 0. The third kappa shape index (κ3) is 9.41. The fourth-order valence-electron chi connectivity index (χ4n) is 0.758. The van der Waals surface area contributed by atoms with Crippen LogP contribution in [0, 0.1) is 0 Å². The normalized spacial score (nSPS) is 13.2. The van der Waals surface area contributed by atoms with E-state index < -0.39 is 7.82 Å². The molecule has 0 aromatic rings. The molecular weight excluding hydrogens is 283 g/mol. The summed E-state index contributed by atoms with van der Waals surface area (Å²) in [6.45, 7) is 2.56. The standard InChI is InChI=1S/C8H13N2O4PS2/c1-2-12-15(11,13-5-3-9-7-16)14-6-4-10-8-17/h2-6H2,1H3. The summed E-state index contributed by atoms with van der Waals surface area (Å²) in [5.74, 6) is 0. The average Bonchev–Trinajstić information content (AvgIpc) is 2.31. The predicted molar refractivity (Wildman–Crippen MR) is 70.9 cm³/mol. The summed E-state index contributed by atoms with van der Waals surface area (Å²) in [5, 5.41) is 4.34. The SMILES string of the molecule is CCOP(=O)(OCCN=C=S)OCCN=C=S. The molecule has 0 aliphatic heterocycles. The van der Waals surface area contributed by atoms with Crippen molar-refractivity contribution in [1.82, 2.24) is 0 Å². The largest absolute Gasteiger partial charge is 0.474 e. The van der Waals surface area contributed by atoms with Gasteiger partial charge in [0, 0.05) is 0 Å². The minimum absolute atomic E-state index is 0.0807. The van der Waals surface area contributed by atoms with E-state index in [-0.39, 0.29) is 32.9 Å². The highest BCUT2D eigenvalue weighted by Gasteiger charge is 2.25. The molecule has 0 heterocycles. The second kappa shape index (κ2) is 10.8. The van der Waals surface area contributed by atoms with Crippen LogP contribution in [0.4, 0.5) is 0 Å². The molecular formula is C8H13N2O4PS2. The van der Waals surface area contributed by atoms with E-state index in [2.05, 4.69) is 44.7 Å². The Morgan fingerprint density at radius 3 is 1.88 bits per heavy atom. The number of hydrogen-bond acceptors (Lipinski definition) is 8. The van der Waals surface area contributed by atoms with Gasteiger partial charge in [-0.05, 0) is 31.4 Å². The van der Waals surface area contributed by atoms with Crippen LogP contribution < -0.4 is 0 Å². The third-order valence-electron chi connectivity index (χ3n) is 1.32. The van der Waals surface area contributed by atoms with Crippen LogP contribution in [-0.2, 0) is 18.1 Å². The molecule has 9 heteroatoms. The Bertz CT molecular complexity index is 325. The van der Waals surface area contributed by atoms with Gasteiger partial charge >= 0.3 is 7.82 Å². The summed E-state index contributed by atoms with van der Waals surface area (Å²) in [5.41, 5.74) is 0. The van der Waals surface area contributed by atoms with Gasteiger partial charge in [0.05, 0.1) is 43.2 Å². The summed E-state index contributed by atoms with van der Waals surface area (Å²) in [6, 6.07) is 0. The van der Waals surface area contributed by atoms with Gasteiger partial charge < -0.3 is 0 Å². The van der Waals surface area contributed by atoms with E-state index in [0.29, 0.717) is 0 Å². The lowest BCUT2D eigenvalue weighted by atomic mass is 10.7. The Kier molecular flexibility index (Phi) is 10.7. The molecule has 0 aromatic heterocycles. The highest BCUT2D eigenvalue weighted by Crippen LogP contribution is 2.48. The van der Waals surface area contributed by atoms with Crippen molar-refractivity contribution >= 4 is 42.6 Å². The summed E-state index contributed by atoms with van der Waals surface area (Å²) in [7, 11) is -3.54. The molecule has 0 saturated heterocycles. The van der Waals surface area contributed by atoms with Crippen LogP contribution in [0.15, 0.2) is 9.98 Å². The average molecular weight is 296 g/mol. The maximum Gasteiger partial charge on any atom is 0.474 e. The first-order chi connectivity index (χ1) is 8.18. The number of aliphatic imine (C=N–C) groups is 2. The summed E-state index contributed by atoms with van der Waals surface area (Å²) >= 11 is 8.75. The van der Waals surface area contributed by atoms with Crippen molar-refractivity contribution in [3.8, 4) is 0 Å². The van der Waals surface area contributed by atoms with Gasteiger partial charge in [0.2, 0.25) is 0 Å². The molecule has 0 amide bonds. The van der Waals surface area contributed by atoms with Crippen molar-refractivity contribution in [3.63, 3.8) is 0 Å². The third-order valence-corrected chi connectivity index (χ3v) is 3.15. The first-order valence-corrected chi connectivity index (χ1v) is 7.07. The number of rotatable bonds is 10. The molecule has 0 aliphatic rings. The van der Waals surface area contributed by atoms with Crippen LogP contribution in [0.1, 0.15) is 6.92 Å². The smallest absolute Gasteiger partial charge is 0.287 e. The molecule has 6 nitrogen and oxygen atoms in total. The molecule has 0 saturated carbocycles. The Labute approximate surface area is 111 Å². The number of nitrogens with zero attached hydrogens (tertiary/aromatic N) is 2. The van der Waals surface area contributed by atoms with Crippen molar-refractivity contribution in [2.75, 3.05) is 32.9 Å². The fraction of sp³-hybridized carbons (Fsp3) is 0.750. The Balaban J connectivity index is 4.09. The zero-order chi connectivity index (χ0) is 13.0. The van der Waals surface area contributed by atoms with Crippen molar-refractivity contribution in [1.29, 1.82) is 0 Å². The second-order valence-electron chi connectivity index (χ2n) is 2.48. The number of thiocarbonyl (C=S) groups is 2. The predicted octanol–water partition coefficient (Wildman–Crippen LogP) is 2.37. The monoisotopic (exact) mass is 296 g/mol. The highest BCUT2D eigenvalue weighted by atomic mass is 32.1. The zero-order valence-corrected chi connectivity index (χ0v) is 11.9. The van der Waals surface area contributed by atoms with Gasteiger partial charge in [0.1, 0.15) is 0 Å². The van der Waals surface area contributed by atoms with E-state index in [1.807, 2.05) is 0 Å². The Morgan fingerprint density at radius 1 is 1.06 bits per heavy atom. The van der Waals surface area contributed by atoms with Crippen LogP contribution in [-0.4, -0.2) is 43.2 Å². The summed E-state index contributed by atoms with van der Waals surface area (Å²) in [4.78, 5) is 7.22. The van der Waals surface area contributed by atoms with Crippen molar-refractivity contribution in [3.05, 3.63) is 0 Å². The molecule has 0 radical (unpaired) electrons. The maximum absolute atomic E-state index is 11.9. The molecule has 0 fully saturated rings. The molecule has 0 bridgehead atoms. The fourth-order valence-corrected chi connectivity index (χ4v) is 2.09. The van der Waals surface area contributed by atoms with Gasteiger partial charge in [-0.3, -0.25) is 13.6 Å². The van der Waals surface area contributed by atoms with Crippen LogP contribution in [0.3, 0.4) is 0 Å². The van der Waals surface area contributed by atoms with Gasteiger partial charge in [-0.15, -0.1) is 0 Å². The topological polar surface area (TPSA) is 69.5 Å². The first kappa shape index (κ1) is 16.7. The number of phosphoric ester groups is 1. The molecule has 0 aliphatic carbocycles. The summed E-state index contributed by atoms with van der Waals surface area (Å²) in [6.07, 6.45) is 0. The Morgan fingerprint density at radius 2 is 1.53 bits per heavy atom. The van der Waals surface area contributed by atoms with Gasteiger partial charge in [-0.2, -0.15) is 0 Å². The van der Waals surface area contributed by atoms with E-state index in [0.717, 1.165) is 0 Å².